The number of carbonyl (C=O) groups is 1. The van der Waals surface area contributed by atoms with Crippen LogP contribution in [0.3, 0.4) is 0 Å². The van der Waals surface area contributed by atoms with E-state index in [0.717, 1.165) is 24.2 Å². The highest BCUT2D eigenvalue weighted by atomic mass is 32.2. The van der Waals surface area contributed by atoms with Crippen molar-refractivity contribution in [2.45, 2.75) is 44.4 Å². The van der Waals surface area contributed by atoms with E-state index in [2.05, 4.69) is 5.32 Å². The number of benzene rings is 1. The van der Waals surface area contributed by atoms with E-state index in [4.69, 9.17) is 4.74 Å². The largest absolute Gasteiger partial charge is 0.494 e. The number of para-hydroxylation sites is 1. The van der Waals surface area contributed by atoms with Crippen molar-refractivity contribution in [3.8, 4) is 5.75 Å². The lowest BCUT2D eigenvalue weighted by Crippen LogP contribution is -2.35. The van der Waals surface area contributed by atoms with Crippen LogP contribution in [0, 0.1) is 0 Å². The first-order valence-electron chi connectivity index (χ1n) is 7.54. The molecule has 0 heterocycles. The standard InChI is InChI=1S/C16H23NO3S/c1-2-20-15-10-6-3-7-13(15)11-21(19)12-16(18)17-14-8-4-5-9-14/h3,6-7,10,14H,2,4-5,8-9,11-12H2,1H3,(H,17,18). The Hall–Kier alpha value is -1.36. The van der Waals surface area contributed by atoms with Gasteiger partial charge in [0.2, 0.25) is 5.91 Å². The van der Waals surface area contributed by atoms with Gasteiger partial charge in [0.25, 0.3) is 0 Å². The molecule has 1 unspecified atom stereocenters. The van der Waals surface area contributed by atoms with Gasteiger partial charge in [0.05, 0.1) is 12.4 Å². The molecule has 4 nitrogen and oxygen atoms in total. The molecule has 1 amide bonds. The van der Waals surface area contributed by atoms with Crippen molar-refractivity contribution < 1.29 is 13.7 Å². The lowest BCUT2D eigenvalue weighted by Gasteiger charge is -2.12. The molecule has 1 N–H and O–H groups in total. The number of rotatable bonds is 7. The Kier molecular flexibility index (Phi) is 6.23. The fourth-order valence-corrected chi connectivity index (χ4v) is 3.69. The summed E-state index contributed by atoms with van der Waals surface area (Å²) >= 11 is 0. The van der Waals surface area contributed by atoms with Crippen molar-refractivity contribution in [1.29, 1.82) is 0 Å². The summed E-state index contributed by atoms with van der Waals surface area (Å²) in [5.74, 6) is 1.07. The van der Waals surface area contributed by atoms with Gasteiger partial charge in [0.15, 0.2) is 0 Å². The second kappa shape index (κ2) is 8.17. The van der Waals surface area contributed by atoms with Crippen LogP contribution in [0.1, 0.15) is 38.2 Å². The Morgan fingerprint density at radius 3 is 2.76 bits per heavy atom. The zero-order valence-corrected chi connectivity index (χ0v) is 13.3. The number of ether oxygens (including phenoxy) is 1. The van der Waals surface area contributed by atoms with E-state index < -0.39 is 10.8 Å². The second-order valence-corrected chi connectivity index (χ2v) is 6.78. The molecule has 0 radical (unpaired) electrons. The quantitative estimate of drug-likeness (QED) is 0.841. The number of carbonyl (C=O) groups excluding carboxylic acids is 1. The molecule has 1 saturated carbocycles. The van der Waals surface area contributed by atoms with E-state index in [1.54, 1.807) is 0 Å². The lowest BCUT2D eigenvalue weighted by atomic mass is 10.2. The predicted octanol–water partition coefficient (Wildman–Crippen LogP) is 2.39. The third-order valence-corrected chi connectivity index (χ3v) is 4.82. The summed E-state index contributed by atoms with van der Waals surface area (Å²) < 4.78 is 17.7. The third kappa shape index (κ3) is 5.16. The van der Waals surface area contributed by atoms with Gasteiger partial charge < -0.3 is 10.1 Å². The zero-order chi connectivity index (χ0) is 15.1. The lowest BCUT2D eigenvalue weighted by molar-refractivity contribution is -0.119. The van der Waals surface area contributed by atoms with Crippen molar-refractivity contribution in [1.82, 2.24) is 5.32 Å². The Balaban J connectivity index is 1.84. The number of amides is 1. The predicted molar refractivity (Wildman–Crippen MR) is 84.7 cm³/mol. The van der Waals surface area contributed by atoms with Crippen molar-refractivity contribution in [3.05, 3.63) is 29.8 Å². The van der Waals surface area contributed by atoms with E-state index in [0.29, 0.717) is 12.4 Å². The van der Waals surface area contributed by atoms with Gasteiger partial charge in [-0.3, -0.25) is 9.00 Å². The zero-order valence-electron chi connectivity index (χ0n) is 12.5. The molecule has 0 bridgehead atoms. The summed E-state index contributed by atoms with van der Waals surface area (Å²) in [7, 11) is -1.21. The number of hydrogen-bond donors (Lipinski definition) is 1. The molecule has 1 aromatic rings. The summed E-state index contributed by atoms with van der Waals surface area (Å²) in [6.07, 6.45) is 4.45. The van der Waals surface area contributed by atoms with Crippen LogP contribution >= 0.6 is 0 Å². The summed E-state index contributed by atoms with van der Waals surface area (Å²) in [6, 6.07) is 7.84. The molecule has 2 rings (SSSR count). The average Bonchev–Trinajstić information content (AvgIpc) is 2.93. The van der Waals surface area contributed by atoms with Crippen molar-refractivity contribution in [2.24, 2.45) is 0 Å². The molecular weight excluding hydrogens is 286 g/mol. The minimum absolute atomic E-state index is 0.0664. The Bertz CT molecular complexity index is 498. The molecule has 1 aromatic carbocycles. The first kappa shape index (κ1) is 16.0. The minimum atomic E-state index is -1.21. The van der Waals surface area contributed by atoms with E-state index in [1.165, 1.54) is 12.8 Å². The van der Waals surface area contributed by atoms with Crippen LogP contribution in [0.25, 0.3) is 0 Å². The van der Waals surface area contributed by atoms with Gasteiger partial charge in [-0.1, -0.05) is 31.0 Å². The smallest absolute Gasteiger partial charge is 0.232 e. The maximum absolute atomic E-state index is 12.1. The van der Waals surface area contributed by atoms with E-state index in [9.17, 15) is 9.00 Å². The maximum Gasteiger partial charge on any atom is 0.232 e. The molecular formula is C16H23NO3S. The van der Waals surface area contributed by atoms with Crippen LogP contribution in [0.5, 0.6) is 5.75 Å². The Morgan fingerprint density at radius 1 is 1.33 bits per heavy atom. The monoisotopic (exact) mass is 309 g/mol. The highest BCUT2D eigenvalue weighted by Gasteiger charge is 2.18. The summed E-state index contributed by atoms with van der Waals surface area (Å²) in [5, 5.41) is 2.97. The van der Waals surface area contributed by atoms with Crippen molar-refractivity contribution in [2.75, 3.05) is 12.4 Å². The van der Waals surface area contributed by atoms with E-state index >= 15 is 0 Å². The molecule has 21 heavy (non-hydrogen) atoms. The van der Waals surface area contributed by atoms with Crippen molar-refractivity contribution in [3.63, 3.8) is 0 Å². The number of hydrogen-bond acceptors (Lipinski definition) is 3. The molecule has 1 atom stereocenters. The van der Waals surface area contributed by atoms with Crippen LogP contribution in [-0.2, 0) is 21.3 Å². The molecule has 0 spiro atoms. The molecule has 5 heteroatoms. The van der Waals surface area contributed by atoms with Gasteiger partial charge >= 0.3 is 0 Å². The fraction of sp³-hybridized carbons (Fsp3) is 0.562. The van der Waals surface area contributed by atoms with Crippen LogP contribution in [0.2, 0.25) is 0 Å². The van der Waals surface area contributed by atoms with Crippen LogP contribution in [0.15, 0.2) is 24.3 Å². The summed E-state index contributed by atoms with van der Waals surface area (Å²) in [4.78, 5) is 11.9. The Labute approximate surface area is 128 Å². The first-order valence-corrected chi connectivity index (χ1v) is 9.03. The van der Waals surface area contributed by atoms with Crippen LogP contribution in [0.4, 0.5) is 0 Å². The molecule has 0 aromatic heterocycles. The third-order valence-electron chi connectivity index (χ3n) is 3.60. The highest BCUT2D eigenvalue weighted by Crippen LogP contribution is 2.20. The Morgan fingerprint density at radius 2 is 2.05 bits per heavy atom. The van der Waals surface area contributed by atoms with Gasteiger partial charge in [-0.05, 0) is 25.8 Å². The SMILES string of the molecule is CCOc1ccccc1CS(=O)CC(=O)NC1CCCC1. The van der Waals surface area contributed by atoms with Crippen LogP contribution in [-0.4, -0.2) is 28.5 Å². The molecule has 116 valence electrons. The average molecular weight is 309 g/mol. The normalized spacial score (nSPS) is 16.6. The topological polar surface area (TPSA) is 55.4 Å². The van der Waals surface area contributed by atoms with E-state index in [1.807, 2.05) is 31.2 Å². The maximum atomic E-state index is 12.1. The molecule has 0 saturated heterocycles. The molecule has 0 aliphatic heterocycles. The fourth-order valence-electron chi connectivity index (χ4n) is 2.63. The molecule has 1 aliphatic rings. The molecule has 1 fully saturated rings. The first-order chi connectivity index (χ1) is 10.2. The summed E-state index contributed by atoms with van der Waals surface area (Å²) in [6.45, 7) is 2.49. The minimum Gasteiger partial charge on any atom is -0.494 e. The summed E-state index contributed by atoms with van der Waals surface area (Å²) in [5.41, 5.74) is 0.895. The van der Waals surface area contributed by atoms with Gasteiger partial charge in [-0.15, -0.1) is 0 Å². The molecule has 1 aliphatic carbocycles. The van der Waals surface area contributed by atoms with Gasteiger partial charge in [-0.25, -0.2) is 0 Å². The van der Waals surface area contributed by atoms with Gasteiger partial charge in [0, 0.05) is 22.4 Å². The van der Waals surface area contributed by atoms with E-state index in [-0.39, 0.29) is 17.7 Å². The van der Waals surface area contributed by atoms with Crippen molar-refractivity contribution >= 4 is 16.7 Å². The number of nitrogens with one attached hydrogen (secondary N) is 1. The highest BCUT2D eigenvalue weighted by molar-refractivity contribution is 7.84. The van der Waals surface area contributed by atoms with Gasteiger partial charge in [0.1, 0.15) is 11.5 Å². The van der Waals surface area contributed by atoms with Crippen LogP contribution < -0.4 is 10.1 Å². The second-order valence-electron chi connectivity index (χ2n) is 5.32. The van der Waals surface area contributed by atoms with Gasteiger partial charge in [-0.2, -0.15) is 0 Å².